The molecule has 96 valence electrons. The van der Waals surface area contributed by atoms with Gasteiger partial charge in [0, 0.05) is 4.47 Å². The number of carbonyl (C=O) groups excluding carboxylic acids is 1. The van der Waals surface area contributed by atoms with Crippen LogP contribution < -0.4 is 5.32 Å². The van der Waals surface area contributed by atoms with Crippen molar-refractivity contribution in [1.29, 1.82) is 0 Å². The fraction of sp³-hybridized carbons (Fsp3) is 0.0909. The van der Waals surface area contributed by atoms with Gasteiger partial charge in [0.25, 0.3) is 0 Å². The van der Waals surface area contributed by atoms with Crippen molar-refractivity contribution in [3.63, 3.8) is 0 Å². The number of carboxylic acids is 1. The van der Waals surface area contributed by atoms with Crippen LogP contribution in [0.3, 0.4) is 0 Å². The first-order valence-corrected chi connectivity index (χ1v) is 5.52. The van der Waals surface area contributed by atoms with Gasteiger partial charge in [-0.3, -0.25) is 5.32 Å². The van der Waals surface area contributed by atoms with Crippen LogP contribution in [0, 0.1) is 5.82 Å². The Labute approximate surface area is 110 Å². The van der Waals surface area contributed by atoms with Crippen molar-refractivity contribution in [2.24, 2.45) is 0 Å². The maximum Gasteiger partial charge on any atom is 0.412 e. The summed E-state index contributed by atoms with van der Waals surface area (Å²) < 4.78 is 18.4. The Kier molecular flexibility index (Phi) is 4.85. The van der Waals surface area contributed by atoms with Crippen LogP contribution in [0.5, 0.6) is 0 Å². The first-order valence-electron chi connectivity index (χ1n) is 4.72. The lowest BCUT2D eigenvalue weighted by Crippen LogP contribution is -2.17. The van der Waals surface area contributed by atoms with E-state index in [2.05, 4.69) is 27.2 Å². The molecule has 0 heterocycles. The lowest BCUT2D eigenvalue weighted by atomic mass is 10.1. The molecular weight excluding hydrogens is 309 g/mol. The summed E-state index contributed by atoms with van der Waals surface area (Å²) in [4.78, 5) is 22.2. The summed E-state index contributed by atoms with van der Waals surface area (Å²) in [5.74, 6) is -2.24. The van der Waals surface area contributed by atoms with Crippen molar-refractivity contribution < 1.29 is 23.8 Å². The van der Waals surface area contributed by atoms with Gasteiger partial charge in [0.1, 0.15) is 12.4 Å². The van der Waals surface area contributed by atoms with Gasteiger partial charge >= 0.3 is 12.1 Å². The number of carboxylic acid groups (broad SMARTS) is 1. The average molecular weight is 318 g/mol. The lowest BCUT2D eigenvalue weighted by Gasteiger charge is -2.10. The molecule has 0 aliphatic carbocycles. The van der Waals surface area contributed by atoms with E-state index in [-0.39, 0.29) is 16.6 Å². The predicted molar refractivity (Wildman–Crippen MR) is 66.2 cm³/mol. The third kappa shape index (κ3) is 3.56. The molecule has 0 saturated carbocycles. The number of carbonyl (C=O) groups is 2. The second kappa shape index (κ2) is 6.15. The molecule has 0 bridgehead atoms. The smallest absolute Gasteiger partial charge is 0.412 e. The summed E-state index contributed by atoms with van der Waals surface area (Å²) in [6.45, 7) is 3.27. The Balaban J connectivity index is 3.03. The summed E-state index contributed by atoms with van der Waals surface area (Å²) in [6, 6.07) is 2.21. The van der Waals surface area contributed by atoms with E-state index < -0.39 is 23.6 Å². The normalized spacial score (nSPS) is 9.67. The molecule has 1 aromatic rings. The van der Waals surface area contributed by atoms with E-state index in [1.807, 2.05) is 5.32 Å². The molecule has 0 aliphatic heterocycles. The van der Waals surface area contributed by atoms with Gasteiger partial charge in [0.05, 0.1) is 11.3 Å². The van der Waals surface area contributed by atoms with Gasteiger partial charge in [-0.25, -0.2) is 14.0 Å². The highest BCUT2D eigenvalue weighted by Gasteiger charge is 2.18. The van der Waals surface area contributed by atoms with Gasteiger partial charge < -0.3 is 9.84 Å². The van der Waals surface area contributed by atoms with Crippen LogP contribution in [0.25, 0.3) is 0 Å². The minimum atomic E-state index is -1.37. The standard InChI is InChI=1S/C11H9BrFNO4/c1-2-3-18-11(17)14-9-7(10(15)16)4-6(12)5-8(9)13/h2,4-5H,1,3H2,(H,14,17)(H,15,16). The Morgan fingerprint density at radius 2 is 2.22 bits per heavy atom. The molecule has 0 aromatic heterocycles. The van der Waals surface area contributed by atoms with Gasteiger partial charge in [0.2, 0.25) is 0 Å². The third-order valence-corrected chi connectivity index (χ3v) is 2.30. The number of anilines is 1. The Morgan fingerprint density at radius 3 is 2.78 bits per heavy atom. The molecule has 1 amide bonds. The zero-order valence-electron chi connectivity index (χ0n) is 9.07. The number of aromatic carboxylic acids is 1. The maximum absolute atomic E-state index is 13.6. The Morgan fingerprint density at radius 1 is 1.56 bits per heavy atom. The minimum Gasteiger partial charge on any atom is -0.478 e. The molecule has 0 aliphatic rings. The fourth-order valence-electron chi connectivity index (χ4n) is 1.14. The van der Waals surface area contributed by atoms with Crippen molar-refractivity contribution in [2.75, 3.05) is 11.9 Å². The molecule has 5 nitrogen and oxygen atoms in total. The number of halogens is 2. The predicted octanol–water partition coefficient (Wildman–Crippen LogP) is 3.02. The highest BCUT2D eigenvalue weighted by molar-refractivity contribution is 9.10. The molecule has 0 atom stereocenters. The van der Waals surface area contributed by atoms with Crippen molar-refractivity contribution in [1.82, 2.24) is 0 Å². The van der Waals surface area contributed by atoms with Crippen LogP contribution >= 0.6 is 15.9 Å². The van der Waals surface area contributed by atoms with E-state index in [0.29, 0.717) is 0 Å². The zero-order chi connectivity index (χ0) is 13.7. The van der Waals surface area contributed by atoms with Crippen LogP contribution in [0.15, 0.2) is 29.3 Å². The van der Waals surface area contributed by atoms with E-state index >= 15 is 0 Å². The first-order chi connectivity index (χ1) is 8.45. The molecule has 18 heavy (non-hydrogen) atoms. The monoisotopic (exact) mass is 317 g/mol. The average Bonchev–Trinajstić information content (AvgIpc) is 2.29. The van der Waals surface area contributed by atoms with Crippen LogP contribution in [0.2, 0.25) is 0 Å². The number of amides is 1. The Hall–Kier alpha value is -1.89. The lowest BCUT2D eigenvalue weighted by molar-refractivity contribution is 0.0697. The van der Waals surface area contributed by atoms with Crippen molar-refractivity contribution in [2.45, 2.75) is 0 Å². The number of ether oxygens (including phenoxy) is 1. The summed E-state index contributed by atoms with van der Waals surface area (Å²) >= 11 is 2.96. The zero-order valence-corrected chi connectivity index (χ0v) is 10.7. The molecule has 1 rings (SSSR count). The maximum atomic E-state index is 13.6. The number of hydrogen-bond donors (Lipinski definition) is 2. The van der Waals surface area contributed by atoms with Gasteiger partial charge in [0.15, 0.2) is 0 Å². The Bertz CT molecular complexity index is 504. The number of hydrogen-bond acceptors (Lipinski definition) is 3. The summed E-state index contributed by atoms with van der Waals surface area (Å²) in [5.41, 5.74) is -0.822. The summed E-state index contributed by atoms with van der Waals surface area (Å²) in [5, 5.41) is 10.9. The van der Waals surface area contributed by atoms with Crippen LogP contribution in [-0.4, -0.2) is 23.8 Å². The molecule has 7 heteroatoms. The molecule has 0 saturated heterocycles. The second-order valence-corrected chi connectivity index (χ2v) is 4.04. The van der Waals surface area contributed by atoms with Crippen molar-refractivity contribution >= 4 is 33.7 Å². The number of nitrogens with one attached hydrogen (secondary N) is 1. The molecule has 0 unspecified atom stereocenters. The molecule has 0 spiro atoms. The SMILES string of the molecule is C=CCOC(=O)Nc1c(F)cc(Br)cc1C(=O)O. The van der Waals surface area contributed by atoms with E-state index in [1.165, 1.54) is 12.1 Å². The molecular formula is C11H9BrFNO4. The van der Waals surface area contributed by atoms with Gasteiger partial charge in [-0.1, -0.05) is 28.6 Å². The van der Waals surface area contributed by atoms with Gasteiger partial charge in [-0.05, 0) is 12.1 Å². The van der Waals surface area contributed by atoms with Crippen molar-refractivity contribution in [3.8, 4) is 0 Å². The van der Waals surface area contributed by atoms with Gasteiger partial charge in [-0.2, -0.15) is 0 Å². The topological polar surface area (TPSA) is 75.6 Å². The largest absolute Gasteiger partial charge is 0.478 e. The summed E-state index contributed by atoms with van der Waals surface area (Å²) in [6.07, 6.45) is 0.369. The quantitative estimate of drug-likeness (QED) is 0.837. The highest BCUT2D eigenvalue weighted by atomic mass is 79.9. The number of benzene rings is 1. The summed E-state index contributed by atoms with van der Waals surface area (Å²) in [7, 11) is 0. The van der Waals surface area contributed by atoms with Crippen LogP contribution in [0.4, 0.5) is 14.9 Å². The molecule has 1 aromatic carbocycles. The number of rotatable bonds is 4. The second-order valence-electron chi connectivity index (χ2n) is 3.13. The molecule has 0 radical (unpaired) electrons. The minimum absolute atomic E-state index is 0.0631. The first kappa shape index (κ1) is 14.2. The van der Waals surface area contributed by atoms with E-state index in [1.54, 1.807) is 0 Å². The van der Waals surface area contributed by atoms with E-state index in [9.17, 15) is 14.0 Å². The van der Waals surface area contributed by atoms with E-state index in [4.69, 9.17) is 5.11 Å². The fourth-order valence-corrected chi connectivity index (χ4v) is 1.57. The van der Waals surface area contributed by atoms with Crippen LogP contribution in [0.1, 0.15) is 10.4 Å². The molecule has 0 fully saturated rings. The van der Waals surface area contributed by atoms with Crippen molar-refractivity contribution in [3.05, 3.63) is 40.6 Å². The van der Waals surface area contributed by atoms with Gasteiger partial charge in [-0.15, -0.1) is 0 Å². The highest BCUT2D eigenvalue weighted by Crippen LogP contribution is 2.25. The van der Waals surface area contributed by atoms with Crippen LogP contribution in [-0.2, 0) is 4.74 Å². The third-order valence-electron chi connectivity index (χ3n) is 1.84. The molecule has 2 N–H and O–H groups in total. The van der Waals surface area contributed by atoms with E-state index in [0.717, 1.165) is 6.07 Å².